The van der Waals surface area contributed by atoms with Crippen molar-refractivity contribution >= 4 is 17.5 Å². The van der Waals surface area contributed by atoms with Gasteiger partial charge in [-0.05, 0) is 27.7 Å². The molecule has 21 heavy (non-hydrogen) atoms. The van der Waals surface area contributed by atoms with E-state index in [9.17, 15) is 10.1 Å². The number of nitro groups is 1. The fourth-order valence-electron chi connectivity index (χ4n) is 2.20. The van der Waals surface area contributed by atoms with Gasteiger partial charge in [-0.25, -0.2) is 4.98 Å². The summed E-state index contributed by atoms with van der Waals surface area (Å²) in [6.45, 7) is 9.12. The maximum Gasteiger partial charge on any atom is 0.332 e. The molecule has 1 atom stereocenters. The van der Waals surface area contributed by atoms with Crippen LogP contribution < -0.4 is 10.2 Å². The minimum atomic E-state index is -0.428. The SMILES string of the molecule is CCNc1nc(C)c([N+](=O)[O-])c(N(CC)C(C)COC)n1. The smallest absolute Gasteiger partial charge is 0.332 e. The highest BCUT2D eigenvalue weighted by Crippen LogP contribution is 2.31. The lowest BCUT2D eigenvalue weighted by atomic mass is 10.2. The Kier molecular flexibility index (Phi) is 6.29. The molecule has 118 valence electrons. The van der Waals surface area contributed by atoms with E-state index in [0.29, 0.717) is 37.2 Å². The second kappa shape index (κ2) is 7.72. The van der Waals surface area contributed by atoms with Gasteiger partial charge < -0.3 is 15.0 Å². The summed E-state index contributed by atoms with van der Waals surface area (Å²) >= 11 is 0. The van der Waals surface area contributed by atoms with Gasteiger partial charge in [0.1, 0.15) is 5.69 Å². The number of aromatic nitrogens is 2. The number of hydrogen-bond donors (Lipinski definition) is 1. The number of likely N-dealkylation sites (N-methyl/N-ethyl adjacent to an activating group) is 1. The van der Waals surface area contributed by atoms with Crippen molar-refractivity contribution in [3.05, 3.63) is 15.8 Å². The van der Waals surface area contributed by atoms with Crippen molar-refractivity contribution in [3.63, 3.8) is 0 Å². The number of ether oxygens (including phenoxy) is 1. The van der Waals surface area contributed by atoms with Crippen LogP contribution in [-0.2, 0) is 4.74 Å². The molecule has 0 bridgehead atoms. The Bertz CT molecular complexity index is 495. The van der Waals surface area contributed by atoms with Crippen molar-refractivity contribution in [3.8, 4) is 0 Å². The summed E-state index contributed by atoms with van der Waals surface area (Å²) in [7, 11) is 1.61. The second-order valence-electron chi connectivity index (χ2n) is 4.68. The topological polar surface area (TPSA) is 93.4 Å². The number of anilines is 2. The molecule has 1 unspecified atom stereocenters. The lowest BCUT2D eigenvalue weighted by Crippen LogP contribution is -2.37. The van der Waals surface area contributed by atoms with E-state index in [1.807, 2.05) is 25.7 Å². The molecule has 1 heterocycles. The van der Waals surface area contributed by atoms with Gasteiger partial charge in [0.15, 0.2) is 0 Å². The summed E-state index contributed by atoms with van der Waals surface area (Å²) in [6, 6.07) is -0.0255. The van der Waals surface area contributed by atoms with E-state index < -0.39 is 4.92 Å². The summed E-state index contributed by atoms with van der Waals surface area (Å²) < 4.78 is 5.15. The van der Waals surface area contributed by atoms with Gasteiger partial charge >= 0.3 is 5.69 Å². The van der Waals surface area contributed by atoms with Crippen LogP contribution in [0.15, 0.2) is 0 Å². The molecule has 0 spiro atoms. The van der Waals surface area contributed by atoms with Crippen molar-refractivity contribution < 1.29 is 9.66 Å². The van der Waals surface area contributed by atoms with Crippen LogP contribution in [0.3, 0.4) is 0 Å². The summed E-state index contributed by atoms with van der Waals surface area (Å²) in [5.74, 6) is 0.731. The molecule has 0 radical (unpaired) electrons. The third-order valence-corrected chi connectivity index (χ3v) is 3.11. The number of rotatable bonds is 8. The molecule has 1 aromatic heterocycles. The van der Waals surface area contributed by atoms with Gasteiger partial charge in [-0.2, -0.15) is 4.98 Å². The molecule has 0 aromatic carbocycles. The van der Waals surface area contributed by atoms with Gasteiger partial charge in [0, 0.05) is 20.2 Å². The summed E-state index contributed by atoms with van der Waals surface area (Å²) in [4.78, 5) is 21.3. The standard InChI is InChI=1S/C13H23N5O3/c1-6-14-13-15-10(4)11(18(19)20)12(16-13)17(7-2)9(3)8-21-5/h9H,6-8H2,1-5H3,(H,14,15,16). The Morgan fingerprint density at radius 3 is 2.57 bits per heavy atom. The lowest BCUT2D eigenvalue weighted by Gasteiger charge is -2.28. The summed E-state index contributed by atoms with van der Waals surface area (Å²) in [5.41, 5.74) is 0.297. The van der Waals surface area contributed by atoms with Crippen LogP contribution >= 0.6 is 0 Å². The van der Waals surface area contributed by atoms with E-state index >= 15 is 0 Å². The molecule has 0 aliphatic rings. The molecule has 1 aromatic rings. The van der Waals surface area contributed by atoms with Crippen LogP contribution in [0.2, 0.25) is 0 Å². The minimum Gasteiger partial charge on any atom is -0.383 e. The Morgan fingerprint density at radius 1 is 1.43 bits per heavy atom. The van der Waals surface area contributed by atoms with Crippen molar-refractivity contribution in [1.82, 2.24) is 9.97 Å². The largest absolute Gasteiger partial charge is 0.383 e. The average Bonchev–Trinajstić information content (AvgIpc) is 2.39. The first kappa shape index (κ1) is 17.1. The van der Waals surface area contributed by atoms with E-state index in [0.717, 1.165) is 0 Å². The van der Waals surface area contributed by atoms with Gasteiger partial charge in [0.25, 0.3) is 0 Å². The number of nitrogens with one attached hydrogen (secondary N) is 1. The van der Waals surface area contributed by atoms with Crippen LogP contribution in [-0.4, -0.2) is 47.7 Å². The predicted octanol–water partition coefficient (Wildman–Crippen LogP) is 1.99. The number of hydrogen-bond acceptors (Lipinski definition) is 7. The van der Waals surface area contributed by atoms with Crippen LogP contribution in [0, 0.1) is 17.0 Å². The van der Waals surface area contributed by atoms with Gasteiger partial charge in [0.2, 0.25) is 11.8 Å². The first-order chi connectivity index (χ1) is 9.96. The van der Waals surface area contributed by atoms with Crippen molar-refractivity contribution in [1.29, 1.82) is 0 Å². The molecular formula is C13H23N5O3. The van der Waals surface area contributed by atoms with Crippen molar-refractivity contribution in [2.75, 3.05) is 37.0 Å². The van der Waals surface area contributed by atoms with Gasteiger partial charge in [-0.1, -0.05) is 0 Å². The number of methoxy groups -OCH3 is 1. The van der Waals surface area contributed by atoms with E-state index in [1.54, 1.807) is 14.0 Å². The van der Waals surface area contributed by atoms with Crippen LogP contribution in [0.4, 0.5) is 17.5 Å². The molecule has 0 saturated carbocycles. The highest BCUT2D eigenvalue weighted by Gasteiger charge is 2.28. The Hall–Kier alpha value is -1.96. The number of nitrogens with zero attached hydrogens (tertiary/aromatic N) is 4. The molecule has 8 nitrogen and oxygen atoms in total. The molecule has 0 saturated heterocycles. The molecular weight excluding hydrogens is 274 g/mol. The Balaban J connectivity index is 3.36. The molecule has 8 heteroatoms. The Morgan fingerprint density at radius 2 is 2.10 bits per heavy atom. The van der Waals surface area contributed by atoms with Crippen LogP contribution in [0.5, 0.6) is 0 Å². The fraction of sp³-hybridized carbons (Fsp3) is 0.692. The highest BCUT2D eigenvalue weighted by molar-refractivity contribution is 5.63. The molecule has 0 aliphatic carbocycles. The third-order valence-electron chi connectivity index (χ3n) is 3.11. The first-order valence-electron chi connectivity index (χ1n) is 6.98. The minimum absolute atomic E-state index is 0.0255. The molecule has 0 aliphatic heterocycles. The Labute approximate surface area is 124 Å². The fourth-order valence-corrected chi connectivity index (χ4v) is 2.20. The molecule has 0 fully saturated rings. The lowest BCUT2D eigenvalue weighted by molar-refractivity contribution is -0.385. The van der Waals surface area contributed by atoms with E-state index in [-0.39, 0.29) is 11.7 Å². The van der Waals surface area contributed by atoms with E-state index in [2.05, 4.69) is 15.3 Å². The summed E-state index contributed by atoms with van der Waals surface area (Å²) in [6.07, 6.45) is 0. The zero-order chi connectivity index (χ0) is 16.0. The normalized spacial score (nSPS) is 12.0. The maximum atomic E-state index is 11.4. The first-order valence-corrected chi connectivity index (χ1v) is 6.98. The van der Waals surface area contributed by atoms with Crippen LogP contribution in [0.25, 0.3) is 0 Å². The molecule has 0 amide bonds. The zero-order valence-electron chi connectivity index (χ0n) is 13.2. The maximum absolute atomic E-state index is 11.4. The second-order valence-corrected chi connectivity index (χ2v) is 4.68. The van der Waals surface area contributed by atoms with Gasteiger partial charge in [-0.3, -0.25) is 10.1 Å². The van der Waals surface area contributed by atoms with Gasteiger partial charge in [-0.15, -0.1) is 0 Å². The zero-order valence-corrected chi connectivity index (χ0v) is 13.2. The molecule has 1 N–H and O–H groups in total. The third kappa shape index (κ3) is 4.01. The van der Waals surface area contributed by atoms with Crippen molar-refractivity contribution in [2.24, 2.45) is 0 Å². The highest BCUT2D eigenvalue weighted by atomic mass is 16.6. The van der Waals surface area contributed by atoms with Crippen LogP contribution in [0.1, 0.15) is 26.5 Å². The molecule has 1 rings (SSSR count). The van der Waals surface area contributed by atoms with Gasteiger partial charge in [0.05, 0.1) is 17.6 Å². The monoisotopic (exact) mass is 297 g/mol. The number of aryl methyl sites for hydroxylation is 1. The van der Waals surface area contributed by atoms with E-state index in [4.69, 9.17) is 4.74 Å². The quantitative estimate of drug-likeness (QED) is 0.579. The predicted molar refractivity (Wildman–Crippen MR) is 81.9 cm³/mol. The van der Waals surface area contributed by atoms with Crippen molar-refractivity contribution in [2.45, 2.75) is 33.7 Å². The average molecular weight is 297 g/mol. The summed E-state index contributed by atoms with van der Waals surface area (Å²) in [5, 5.41) is 14.4. The van der Waals surface area contributed by atoms with E-state index in [1.165, 1.54) is 0 Å².